The third kappa shape index (κ3) is 3.06. The number of nitriles is 1. The van der Waals surface area contributed by atoms with Crippen molar-refractivity contribution in [3.8, 4) is 6.07 Å². The number of rotatable bonds is 3. The van der Waals surface area contributed by atoms with Crippen molar-refractivity contribution in [2.24, 2.45) is 5.73 Å². The molecule has 0 bridgehead atoms. The van der Waals surface area contributed by atoms with Crippen LogP contribution in [0.1, 0.15) is 11.1 Å². The van der Waals surface area contributed by atoms with E-state index in [0.29, 0.717) is 5.56 Å². The van der Waals surface area contributed by atoms with Crippen LogP contribution in [0.5, 0.6) is 0 Å². The van der Waals surface area contributed by atoms with Gasteiger partial charge < -0.3 is 10.6 Å². The molecule has 4 nitrogen and oxygen atoms in total. The zero-order valence-electron chi connectivity index (χ0n) is 10.1. The van der Waals surface area contributed by atoms with Crippen LogP contribution in [0.25, 0.3) is 0 Å². The molecule has 1 unspecified atom stereocenters. The summed E-state index contributed by atoms with van der Waals surface area (Å²) in [5.41, 5.74) is 7.04. The first kappa shape index (κ1) is 13.4. The van der Waals surface area contributed by atoms with E-state index in [1.54, 1.807) is 24.3 Å². The number of carbonyl (C=O) groups excluding carboxylic acids is 1. The van der Waals surface area contributed by atoms with Crippen molar-refractivity contribution in [3.63, 3.8) is 0 Å². The van der Waals surface area contributed by atoms with Gasteiger partial charge in [-0.3, -0.25) is 4.79 Å². The van der Waals surface area contributed by atoms with E-state index in [1.165, 1.54) is 0 Å². The minimum atomic E-state index is -2.77. The van der Waals surface area contributed by atoms with E-state index in [4.69, 9.17) is 11.0 Å². The summed E-state index contributed by atoms with van der Waals surface area (Å²) in [6.45, 7) is -1.10. The molecular formula is C13H13F2N3O. The molecule has 0 aromatic heterocycles. The maximum Gasteiger partial charge on any atom is 0.282 e. The third-order valence-electron chi connectivity index (χ3n) is 3.01. The molecule has 1 amide bonds. The lowest BCUT2D eigenvalue weighted by atomic mass is 10.0. The first-order valence-corrected chi connectivity index (χ1v) is 5.82. The smallest absolute Gasteiger partial charge is 0.282 e. The van der Waals surface area contributed by atoms with Gasteiger partial charge in [0.2, 0.25) is 5.91 Å². The highest BCUT2D eigenvalue weighted by molar-refractivity contribution is 5.83. The molecule has 1 fully saturated rings. The normalized spacial score (nSPS) is 18.3. The molecule has 0 radical (unpaired) electrons. The monoisotopic (exact) mass is 265 g/mol. The average molecular weight is 265 g/mol. The van der Waals surface area contributed by atoms with Gasteiger partial charge >= 0.3 is 0 Å². The zero-order chi connectivity index (χ0) is 14.0. The summed E-state index contributed by atoms with van der Waals surface area (Å²) in [5, 5.41) is 8.65. The molecule has 0 spiro atoms. The molecule has 0 saturated carbocycles. The van der Waals surface area contributed by atoms with Crippen molar-refractivity contribution in [1.29, 1.82) is 5.26 Å². The Morgan fingerprint density at radius 3 is 2.47 bits per heavy atom. The Balaban J connectivity index is 1.92. The van der Waals surface area contributed by atoms with Crippen LogP contribution in [0.4, 0.5) is 8.78 Å². The summed E-state index contributed by atoms with van der Waals surface area (Å²) >= 11 is 0. The molecule has 1 aliphatic rings. The minimum absolute atomic E-state index is 0.270. The largest absolute Gasteiger partial charge is 0.329 e. The standard InChI is InChI=1S/C13H13F2N3O/c14-13(15)7-18(8-13)12(19)11(17)5-9-1-3-10(6-16)4-2-9/h1-4,11H,5,7-8,17H2. The van der Waals surface area contributed by atoms with E-state index < -0.39 is 31.0 Å². The molecule has 0 aliphatic carbocycles. The molecule has 1 aromatic carbocycles. The van der Waals surface area contributed by atoms with Gasteiger partial charge in [0.1, 0.15) is 0 Å². The van der Waals surface area contributed by atoms with Gasteiger partial charge in [0, 0.05) is 0 Å². The second-order valence-corrected chi connectivity index (χ2v) is 4.67. The number of likely N-dealkylation sites (tertiary alicyclic amines) is 1. The molecule has 1 heterocycles. The van der Waals surface area contributed by atoms with E-state index in [2.05, 4.69) is 0 Å². The van der Waals surface area contributed by atoms with Crippen LogP contribution in [-0.2, 0) is 11.2 Å². The second kappa shape index (κ2) is 4.94. The van der Waals surface area contributed by atoms with Crippen molar-refractivity contribution in [1.82, 2.24) is 4.90 Å². The van der Waals surface area contributed by atoms with Gasteiger partial charge in [-0.25, -0.2) is 8.78 Å². The van der Waals surface area contributed by atoms with E-state index in [1.807, 2.05) is 6.07 Å². The van der Waals surface area contributed by atoms with E-state index >= 15 is 0 Å². The Kier molecular flexibility index (Phi) is 3.49. The predicted octanol–water partition coefficient (Wildman–Crippen LogP) is 0.906. The summed E-state index contributed by atoms with van der Waals surface area (Å²) in [6.07, 6.45) is 0.270. The molecule has 1 saturated heterocycles. The quantitative estimate of drug-likeness (QED) is 0.883. The molecule has 6 heteroatoms. The average Bonchev–Trinajstić information content (AvgIpc) is 2.35. The fraction of sp³-hybridized carbons (Fsp3) is 0.385. The molecule has 1 atom stereocenters. The molecule has 100 valence electrons. The van der Waals surface area contributed by atoms with Crippen LogP contribution >= 0.6 is 0 Å². The fourth-order valence-corrected chi connectivity index (χ4v) is 1.96. The van der Waals surface area contributed by atoms with Gasteiger partial charge in [0.05, 0.1) is 30.8 Å². The zero-order valence-corrected chi connectivity index (χ0v) is 10.1. The lowest BCUT2D eigenvalue weighted by Gasteiger charge is -2.39. The Labute approximate surface area is 109 Å². The molecule has 2 rings (SSSR count). The Morgan fingerprint density at radius 2 is 2.00 bits per heavy atom. The van der Waals surface area contributed by atoms with Crippen LogP contribution in [0.2, 0.25) is 0 Å². The number of nitrogens with zero attached hydrogens (tertiary/aromatic N) is 2. The lowest BCUT2D eigenvalue weighted by Crippen LogP contribution is -2.62. The van der Waals surface area contributed by atoms with E-state index in [0.717, 1.165) is 10.5 Å². The van der Waals surface area contributed by atoms with Crippen LogP contribution in [0.3, 0.4) is 0 Å². The topological polar surface area (TPSA) is 70.1 Å². The number of hydrogen-bond donors (Lipinski definition) is 1. The Hall–Kier alpha value is -2.00. The molecular weight excluding hydrogens is 252 g/mol. The predicted molar refractivity (Wildman–Crippen MR) is 64.4 cm³/mol. The first-order valence-electron chi connectivity index (χ1n) is 5.82. The van der Waals surface area contributed by atoms with Crippen molar-refractivity contribution < 1.29 is 13.6 Å². The SMILES string of the molecule is N#Cc1ccc(CC(N)C(=O)N2CC(F)(F)C2)cc1. The Bertz CT molecular complexity index is 514. The summed E-state index contributed by atoms with van der Waals surface area (Å²) < 4.78 is 25.3. The van der Waals surface area contributed by atoms with Crippen LogP contribution in [0.15, 0.2) is 24.3 Å². The number of carbonyl (C=O) groups is 1. The lowest BCUT2D eigenvalue weighted by molar-refractivity contribution is -0.166. The van der Waals surface area contributed by atoms with Gasteiger partial charge in [0.15, 0.2) is 0 Å². The number of alkyl halides is 2. The van der Waals surface area contributed by atoms with E-state index in [-0.39, 0.29) is 6.42 Å². The number of amides is 1. The minimum Gasteiger partial charge on any atom is -0.329 e. The number of halogens is 2. The summed E-state index contributed by atoms with van der Waals surface area (Å²) in [5.74, 6) is -3.24. The van der Waals surface area contributed by atoms with Crippen molar-refractivity contribution in [2.75, 3.05) is 13.1 Å². The fourth-order valence-electron chi connectivity index (χ4n) is 1.96. The summed E-state index contributed by atoms with van der Waals surface area (Å²) in [4.78, 5) is 12.8. The van der Waals surface area contributed by atoms with Gasteiger partial charge in [-0.05, 0) is 24.1 Å². The maximum atomic E-state index is 12.7. The van der Waals surface area contributed by atoms with Gasteiger partial charge in [0.25, 0.3) is 5.92 Å². The summed E-state index contributed by atoms with van der Waals surface area (Å²) in [6, 6.07) is 7.82. The highest BCUT2D eigenvalue weighted by atomic mass is 19.3. The Morgan fingerprint density at radius 1 is 1.42 bits per heavy atom. The van der Waals surface area contributed by atoms with Crippen molar-refractivity contribution in [2.45, 2.75) is 18.4 Å². The van der Waals surface area contributed by atoms with Crippen LogP contribution in [-0.4, -0.2) is 35.9 Å². The van der Waals surface area contributed by atoms with Gasteiger partial charge in [-0.1, -0.05) is 12.1 Å². The van der Waals surface area contributed by atoms with Crippen molar-refractivity contribution >= 4 is 5.91 Å². The molecule has 1 aromatic rings. The molecule has 2 N–H and O–H groups in total. The van der Waals surface area contributed by atoms with Gasteiger partial charge in [-0.2, -0.15) is 5.26 Å². The second-order valence-electron chi connectivity index (χ2n) is 4.67. The molecule has 1 aliphatic heterocycles. The maximum absolute atomic E-state index is 12.7. The third-order valence-corrected chi connectivity index (χ3v) is 3.01. The van der Waals surface area contributed by atoms with Crippen LogP contribution < -0.4 is 5.73 Å². The number of hydrogen-bond acceptors (Lipinski definition) is 3. The number of nitrogens with two attached hydrogens (primary N) is 1. The number of benzene rings is 1. The van der Waals surface area contributed by atoms with E-state index in [9.17, 15) is 13.6 Å². The molecule has 19 heavy (non-hydrogen) atoms. The van der Waals surface area contributed by atoms with Crippen LogP contribution in [0, 0.1) is 11.3 Å². The van der Waals surface area contributed by atoms with Crippen molar-refractivity contribution in [3.05, 3.63) is 35.4 Å². The highest BCUT2D eigenvalue weighted by Crippen LogP contribution is 2.27. The first-order chi connectivity index (χ1) is 8.91. The highest BCUT2D eigenvalue weighted by Gasteiger charge is 2.47. The van der Waals surface area contributed by atoms with Gasteiger partial charge in [-0.15, -0.1) is 0 Å². The summed E-state index contributed by atoms with van der Waals surface area (Å²) in [7, 11) is 0.